The van der Waals surface area contributed by atoms with Crippen molar-refractivity contribution in [2.45, 2.75) is 50.5 Å². The predicted octanol–water partition coefficient (Wildman–Crippen LogP) is 3.01. The Morgan fingerprint density at radius 3 is 1.67 bits per heavy atom. The van der Waals surface area contributed by atoms with Crippen molar-refractivity contribution >= 4 is 11.8 Å². The van der Waals surface area contributed by atoms with Crippen LogP contribution in [0.25, 0.3) is 0 Å². The molecule has 0 spiro atoms. The molecule has 2 amide bonds. The Kier molecular flexibility index (Phi) is 2.10. The standard InChI is InChI=1S/C21H25NO2/c23-19-17-13-1-2-14(16-6-15(13)16)18(17)20(24)22(19)21-7-10-3-11(8-21)5-12(4-10)9-21/h1-2,10-18H,3-9H2/t10?,11?,12?,13-,14-,15-,16+,17-,18+,21?/m0/s1. The fraction of sp³-hybridized carbons (Fsp3) is 0.810. The Balaban J connectivity index is 1.32. The van der Waals surface area contributed by atoms with Crippen LogP contribution in [-0.4, -0.2) is 22.3 Å². The summed E-state index contributed by atoms with van der Waals surface area (Å²) < 4.78 is 0. The highest BCUT2D eigenvalue weighted by Crippen LogP contribution is 2.67. The molecule has 6 bridgehead atoms. The van der Waals surface area contributed by atoms with E-state index in [1.165, 1.54) is 25.7 Å². The van der Waals surface area contributed by atoms with Crippen molar-refractivity contribution in [2.24, 2.45) is 53.3 Å². The van der Waals surface area contributed by atoms with Gasteiger partial charge in [0.2, 0.25) is 11.8 Å². The molecule has 6 saturated carbocycles. The van der Waals surface area contributed by atoms with Crippen molar-refractivity contribution in [3.63, 3.8) is 0 Å². The molecule has 9 rings (SSSR count). The lowest BCUT2D eigenvalue weighted by molar-refractivity contribution is -0.159. The zero-order chi connectivity index (χ0) is 15.8. The normalized spacial score (nSPS) is 61.5. The van der Waals surface area contributed by atoms with Gasteiger partial charge in [0.15, 0.2) is 0 Å². The van der Waals surface area contributed by atoms with E-state index in [1.54, 1.807) is 0 Å². The van der Waals surface area contributed by atoms with Gasteiger partial charge in [-0.15, -0.1) is 0 Å². The lowest BCUT2D eigenvalue weighted by Crippen LogP contribution is -2.62. The third kappa shape index (κ3) is 1.33. The molecule has 24 heavy (non-hydrogen) atoms. The van der Waals surface area contributed by atoms with E-state index in [2.05, 4.69) is 12.2 Å². The Morgan fingerprint density at radius 2 is 1.21 bits per heavy atom. The molecule has 1 heterocycles. The highest BCUT2D eigenvalue weighted by atomic mass is 16.2. The van der Waals surface area contributed by atoms with Crippen LogP contribution in [0.2, 0.25) is 0 Å². The molecule has 1 aliphatic heterocycles. The van der Waals surface area contributed by atoms with Gasteiger partial charge in [-0.3, -0.25) is 14.5 Å². The third-order valence-electron chi connectivity index (χ3n) is 9.14. The SMILES string of the molecule is O=C1[C@@H]2[C@H]3C=C[C@@H]([C@@H]4C[C@H]34)[C@@H]2C(=O)N1C12CC3CC(CC(C3)C1)C2. The van der Waals surface area contributed by atoms with E-state index in [9.17, 15) is 9.59 Å². The molecule has 6 atom stereocenters. The minimum absolute atomic E-state index is 0.00394. The maximum Gasteiger partial charge on any atom is 0.234 e. The van der Waals surface area contributed by atoms with Crippen molar-refractivity contribution in [1.29, 1.82) is 0 Å². The molecule has 126 valence electrons. The summed E-state index contributed by atoms with van der Waals surface area (Å²) in [6, 6.07) is 0. The van der Waals surface area contributed by atoms with Crippen LogP contribution in [-0.2, 0) is 9.59 Å². The molecule has 0 aromatic carbocycles. The lowest BCUT2D eigenvalue weighted by atomic mass is 9.52. The summed E-state index contributed by atoms with van der Waals surface area (Å²) in [4.78, 5) is 28.9. The first-order valence-electron chi connectivity index (χ1n) is 10.2. The minimum Gasteiger partial charge on any atom is -0.276 e. The van der Waals surface area contributed by atoms with Crippen LogP contribution in [0.3, 0.4) is 0 Å². The number of amides is 2. The number of hydrogen-bond donors (Lipinski definition) is 0. The fourth-order valence-corrected chi connectivity index (χ4v) is 8.76. The topological polar surface area (TPSA) is 37.4 Å². The third-order valence-corrected chi connectivity index (χ3v) is 9.14. The van der Waals surface area contributed by atoms with Crippen LogP contribution in [0.15, 0.2) is 12.2 Å². The van der Waals surface area contributed by atoms with E-state index in [1.807, 2.05) is 4.90 Å². The second-order valence-corrected chi connectivity index (χ2v) is 10.3. The van der Waals surface area contributed by atoms with Crippen LogP contribution in [0.1, 0.15) is 44.9 Å². The van der Waals surface area contributed by atoms with E-state index >= 15 is 0 Å². The number of nitrogens with zero attached hydrogens (tertiary/aromatic N) is 1. The molecular formula is C21H25NO2. The number of allylic oxidation sites excluding steroid dienone is 2. The van der Waals surface area contributed by atoms with Gasteiger partial charge in [0.05, 0.1) is 17.4 Å². The van der Waals surface area contributed by atoms with Gasteiger partial charge in [0.25, 0.3) is 0 Å². The van der Waals surface area contributed by atoms with Crippen LogP contribution < -0.4 is 0 Å². The Labute approximate surface area is 142 Å². The summed E-state index contributed by atoms with van der Waals surface area (Å²) in [6.07, 6.45) is 13.3. The summed E-state index contributed by atoms with van der Waals surface area (Å²) in [7, 11) is 0. The smallest absolute Gasteiger partial charge is 0.234 e. The number of hydrogen-bond acceptors (Lipinski definition) is 2. The first kappa shape index (κ1) is 13.1. The zero-order valence-electron chi connectivity index (χ0n) is 14.1. The summed E-state index contributed by atoms with van der Waals surface area (Å²) in [5.41, 5.74) is -0.0795. The van der Waals surface area contributed by atoms with Crippen LogP contribution in [0.5, 0.6) is 0 Å². The first-order valence-corrected chi connectivity index (χ1v) is 10.2. The first-order chi connectivity index (χ1) is 11.6. The Morgan fingerprint density at radius 1 is 0.750 bits per heavy atom. The Bertz CT molecular complexity index is 637. The molecule has 7 fully saturated rings. The average molecular weight is 323 g/mol. The van der Waals surface area contributed by atoms with Crippen molar-refractivity contribution < 1.29 is 9.59 Å². The molecular weight excluding hydrogens is 298 g/mol. The van der Waals surface area contributed by atoms with Gasteiger partial charge in [0.1, 0.15) is 0 Å². The van der Waals surface area contributed by atoms with Crippen molar-refractivity contribution in [2.75, 3.05) is 0 Å². The monoisotopic (exact) mass is 323 g/mol. The van der Waals surface area contributed by atoms with E-state index in [-0.39, 0.29) is 29.2 Å². The maximum absolute atomic E-state index is 13.5. The Hall–Kier alpha value is -1.12. The largest absolute Gasteiger partial charge is 0.276 e. The number of rotatable bonds is 1. The highest BCUT2D eigenvalue weighted by molar-refractivity contribution is 6.07. The molecule has 9 aliphatic rings. The van der Waals surface area contributed by atoms with Gasteiger partial charge in [-0.1, -0.05) is 12.2 Å². The van der Waals surface area contributed by atoms with Gasteiger partial charge >= 0.3 is 0 Å². The van der Waals surface area contributed by atoms with E-state index < -0.39 is 0 Å². The molecule has 0 radical (unpaired) electrons. The number of carbonyl (C=O) groups excluding carboxylic acids is 2. The fourth-order valence-electron chi connectivity index (χ4n) is 8.76. The zero-order valence-corrected chi connectivity index (χ0v) is 14.1. The van der Waals surface area contributed by atoms with Crippen molar-refractivity contribution in [3.8, 4) is 0 Å². The minimum atomic E-state index is -0.0795. The van der Waals surface area contributed by atoms with E-state index in [0.29, 0.717) is 23.7 Å². The summed E-state index contributed by atoms with van der Waals surface area (Å²) in [6.45, 7) is 0. The molecule has 3 nitrogen and oxygen atoms in total. The van der Waals surface area contributed by atoms with Crippen LogP contribution >= 0.6 is 0 Å². The molecule has 3 heteroatoms. The summed E-state index contributed by atoms with van der Waals surface area (Å²) in [5, 5.41) is 0. The van der Waals surface area contributed by atoms with Gasteiger partial charge in [-0.05, 0) is 86.4 Å². The summed E-state index contributed by atoms with van der Waals surface area (Å²) >= 11 is 0. The van der Waals surface area contributed by atoms with Crippen molar-refractivity contribution in [1.82, 2.24) is 4.90 Å². The predicted molar refractivity (Wildman–Crippen MR) is 87.5 cm³/mol. The number of carbonyl (C=O) groups is 2. The second kappa shape index (κ2) is 3.83. The van der Waals surface area contributed by atoms with Crippen LogP contribution in [0.4, 0.5) is 0 Å². The number of likely N-dealkylation sites (tertiary alicyclic amines) is 1. The van der Waals surface area contributed by atoms with Gasteiger partial charge in [-0.25, -0.2) is 0 Å². The molecule has 1 saturated heterocycles. The molecule has 0 unspecified atom stereocenters. The number of imide groups is 1. The lowest BCUT2D eigenvalue weighted by Gasteiger charge is -2.59. The van der Waals surface area contributed by atoms with Crippen molar-refractivity contribution in [3.05, 3.63) is 12.2 Å². The summed E-state index contributed by atoms with van der Waals surface area (Å²) in [5.74, 6) is 5.00. The van der Waals surface area contributed by atoms with E-state index in [0.717, 1.165) is 37.0 Å². The molecule has 0 aromatic heterocycles. The van der Waals surface area contributed by atoms with Gasteiger partial charge in [0, 0.05) is 0 Å². The maximum atomic E-state index is 13.5. The van der Waals surface area contributed by atoms with Gasteiger partial charge in [-0.2, -0.15) is 0 Å². The van der Waals surface area contributed by atoms with E-state index in [4.69, 9.17) is 0 Å². The molecule has 8 aliphatic carbocycles. The quantitative estimate of drug-likeness (QED) is 0.549. The average Bonchev–Trinajstić information content (AvgIpc) is 3.30. The second-order valence-electron chi connectivity index (χ2n) is 10.3. The molecule has 0 aromatic rings. The highest BCUT2D eigenvalue weighted by Gasteiger charge is 2.70. The van der Waals surface area contributed by atoms with Crippen LogP contribution in [0, 0.1) is 53.3 Å². The van der Waals surface area contributed by atoms with Gasteiger partial charge < -0.3 is 0 Å². The molecule has 0 N–H and O–H groups in total.